The smallest absolute Gasteiger partial charge is 0.0599 e. The maximum Gasteiger partial charge on any atom is 0.0599 e. The molecule has 0 bridgehead atoms. The highest BCUT2D eigenvalue weighted by molar-refractivity contribution is 9.10. The predicted molar refractivity (Wildman–Crippen MR) is 93.1 cm³/mol. The number of hydrogen-bond donors (Lipinski definition) is 1. The van der Waals surface area contributed by atoms with Crippen molar-refractivity contribution in [1.29, 1.82) is 0 Å². The molecule has 3 rings (SSSR count). The molecule has 0 aromatic heterocycles. The summed E-state index contributed by atoms with van der Waals surface area (Å²) >= 11 is 9.95. The summed E-state index contributed by atoms with van der Waals surface area (Å²) in [5, 5.41) is 4.15. The van der Waals surface area contributed by atoms with Gasteiger partial charge in [0.1, 0.15) is 0 Å². The van der Waals surface area contributed by atoms with Crippen LogP contribution in [-0.2, 0) is 0 Å². The maximum absolute atomic E-state index is 6.44. The first kappa shape index (κ1) is 15.1. The van der Waals surface area contributed by atoms with Crippen LogP contribution in [0.15, 0.2) is 46.9 Å². The molecular formula is C18H19BrClN. The molecule has 1 saturated carbocycles. The topological polar surface area (TPSA) is 12.0 Å². The number of nitrogens with one attached hydrogen (secondary N) is 1. The molecular weight excluding hydrogens is 346 g/mol. The third-order valence-corrected chi connectivity index (χ3v) is 5.74. The minimum atomic E-state index is 0.116. The molecule has 21 heavy (non-hydrogen) atoms. The molecule has 1 fully saturated rings. The van der Waals surface area contributed by atoms with Crippen molar-refractivity contribution in [3.63, 3.8) is 0 Å². The van der Waals surface area contributed by atoms with Crippen molar-refractivity contribution in [2.45, 2.75) is 31.2 Å². The quantitative estimate of drug-likeness (QED) is 0.736. The highest BCUT2D eigenvalue weighted by Gasteiger charge is 2.20. The van der Waals surface area contributed by atoms with Gasteiger partial charge in [-0.2, -0.15) is 0 Å². The zero-order valence-electron chi connectivity index (χ0n) is 12.1. The van der Waals surface area contributed by atoms with E-state index < -0.39 is 0 Å². The number of benzene rings is 2. The average Bonchev–Trinajstić information content (AvgIpc) is 2.44. The highest BCUT2D eigenvalue weighted by atomic mass is 79.9. The lowest BCUT2D eigenvalue weighted by atomic mass is 9.79. The Labute approximate surface area is 139 Å². The van der Waals surface area contributed by atoms with Gasteiger partial charge in [-0.05, 0) is 64.5 Å². The third kappa shape index (κ3) is 3.03. The summed E-state index contributed by atoms with van der Waals surface area (Å²) in [7, 11) is 1.97. The van der Waals surface area contributed by atoms with E-state index >= 15 is 0 Å². The normalized spacial score (nSPS) is 16.5. The summed E-state index contributed by atoms with van der Waals surface area (Å²) < 4.78 is 0.938. The molecule has 1 N–H and O–H groups in total. The van der Waals surface area contributed by atoms with Gasteiger partial charge in [-0.25, -0.2) is 0 Å². The Balaban J connectivity index is 1.90. The molecule has 1 aliphatic rings. The van der Waals surface area contributed by atoms with Gasteiger partial charge >= 0.3 is 0 Å². The maximum atomic E-state index is 6.44. The minimum absolute atomic E-state index is 0.116. The van der Waals surface area contributed by atoms with Gasteiger partial charge in [-0.15, -0.1) is 0 Å². The largest absolute Gasteiger partial charge is 0.309 e. The van der Waals surface area contributed by atoms with Crippen LogP contribution in [-0.4, -0.2) is 7.05 Å². The van der Waals surface area contributed by atoms with Crippen molar-refractivity contribution < 1.29 is 0 Å². The van der Waals surface area contributed by atoms with Crippen LogP contribution in [0.4, 0.5) is 0 Å². The van der Waals surface area contributed by atoms with Crippen LogP contribution in [0.25, 0.3) is 0 Å². The van der Waals surface area contributed by atoms with Crippen LogP contribution < -0.4 is 5.32 Å². The second-order valence-electron chi connectivity index (χ2n) is 5.66. The van der Waals surface area contributed by atoms with Gasteiger partial charge < -0.3 is 5.32 Å². The number of halogens is 2. The lowest BCUT2D eigenvalue weighted by Crippen LogP contribution is -2.18. The van der Waals surface area contributed by atoms with Gasteiger partial charge in [-0.1, -0.05) is 54.4 Å². The molecule has 1 atom stereocenters. The van der Waals surface area contributed by atoms with Gasteiger partial charge in [0, 0.05) is 4.47 Å². The van der Waals surface area contributed by atoms with E-state index in [1.165, 1.54) is 30.4 Å². The summed E-state index contributed by atoms with van der Waals surface area (Å²) in [6, 6.07) is 15.2. The van der Waals surface area contributed by atoms with Gasteiger partial charge in [0.25, 0.3) is 0 Å². The van der Waals surface area contributed by atoms with Crippen LogP contribution in [0.2, 0.25) is 5.02 Å². The molecule has 1 aliphatic carbocycles. The standard InChI is InChI=1S/C18H19BrClN/c1-21-18(15-6-3-7-16(19)17(15)20)14-10-8-13(9-11-14)12-4-2-5-12/h3,6-12,18,21H,2,4-5H2,1H3. The van der Waals surface area contributed by atoms with Crippen molar-refractivity contribution in [2.75, 3.05) is 7.05 Å². The highest BCUT2D eigenvalue weighted by Crippen LogP contribution is 2.37. The Bertz CT molecular complexity index is 620. The number of rotatable bonds is 4. The lowest BCUT2D eigenvalue weighted by Gasteiger charge is -2.26. The van der Waals surface area contributed by atoms with Crippen LogP contribution in [0.1, 0.15) is 47.9 Å². The molecule has 0 spiro atoms. The predicted octanol–water partition coefficient (Wildman–Crippen LogP) is 5.68. The summed E-state index contributed by atoms with van der Waals surface area (Å²) in [5.74, 6) is 0.779. The van der Waals surface area contributed by atoms with Gasteiger partial charge in [0.05, 0.1) is 11.1 Å². The van der Waals surface area contributed by atoms with Crippen LogP contribution >= 0.6 is 27.5 Å². The molecule has 0 saturated heterocycles. The lowest BCUT2D eigenvalue weighted by molar-refractivity contribution is 0.419. The fourth-order valence-electron chi connectivity index (χ4n) is 2.95. The van der Waals surface area contributed by atoms with Gasteiger partial charge in [-0.3, -0.25) is 0 Å². The second kappa shape index (κ2) is 6.51. The van der Waals surface area contributed by atoms with Crippen molar-refractivity contribution in [3.8, 4) is 0 Å². The van der Waals surface area contributed by atoms with Gasteiger partial charge in [0.2, 0.25) is 0 Å². The number of hydrogen-bond acceptors (Lipinski definition) is 1. The Morgan fingerprint density at radius 3 is 2.43 bits per heavy atom. The van der Waals surface area contributed by atoms with Crippen molar-refractivity contribution in [3.05, 3.63) is 68.7 Å². The van der Waals surface area contributed by atoms with Gasteiger partial charge in [0.15, 0.2) is 0 Å². The average molecular weight is 365 g/mol. The first-order valence-corrected chi connectivity index (χ1v) is 8.59. The first-order chi connectivity index (χ1) is 10.2. The van der Waals surface area contributed by atoms with E-state index in [2.05, 4.69) is 51.6 Å². The molecule has 2 aromatic rings. The fraction of sp³-hybridized carbons (Fsp3) is 0.333. The molecule has 1 nitrogen and oxygen atoms in total. The zero-order chi connectivity index (χ0) is 14.8. The first-order valence-electron chi connectivity index (χ1n) is 7.41. The van der Waals surface area contributed by atoms with E-state index in [4.69, 9.17) is 11.6 Å². The minimum Gasteiger partial charge on any atom is -0.309 e. The van der Waals surface area contributed by atoms with Crippen LogP contribution in [0, 0.1) is 0 Å². The summed E-state index contributed by atoms with van der Waals surface area (Å²) in [6.45, 7) is 0. The van der Waals surface area contributed by atoms with E-state index in [0.29, 0.717) is 0 Å². The molecule has 0 radical (unpaired) electrons. The molecule has 0 amide bonds. The summed E-state index contributed by atoms with van der Waals surface area (Å²) in [6.07, 6.45) is 4.05. The summed E-state index contributed by atoms with van der Waals surface area (Å²) in [4.78, 5) is 0. The fourth-order valence-corrected chi connectivity index (χ4v) is 3.56. The van der Waals surface area contributed by atoms with E-state index in [1.54, 1.807) is 0 Å². The Morgan fingerprint density at radius 1 is 1.14 bits per heavy atom. The Hall–Kier alpha value is -0.830. The van der Waals surface area contributed by atoms with Crippen LogP contribution in [0.5, 0.6) is 0 Å². The molecule has 2 aromatic carbocycles. The van der Waals surface area contributed by atoms with E-state index in [0.717, 1.165) is 21.0 Å². The third-order valence-electron chi connectivity index (χ3n) is 4.43. The molecule has 3 heteroatoms. The van der Waals surface area contributed by atoms with Crippen molar-refractivity contribution in [2.24, 2.45) is 0 Å². The molecule has 0 aliphatic heterocycles. The zero-order valence-corrected chi connectivity index (χ0v) is 14.4. The second-order valence-corrected chi connectivity index (χ2v) is 6.89. The van der Waals surface area contributed by atoms with Crippen molar-refractivity contribution >= 4 is 27.5 Å². The van der Waals surface area contributed by atoms with E-state index in [9.17, 15) is 0 Å². The molecule has 0 heterocycles. The Morgan fingerprint density at radius 2 is 1.86 bits per heavy atom. The van der Waals surface area contributed by atoms with E-state index in [1.807, 2.05) is 19.2 Å². The van der Waals surface area contributed by atoms with E-state index in [-0.39, 0.29) is 6.04 Å². The van der Waals surface area contributed by atoms with Crippen molar-refractivity contribution in [1.82, 2.24) is 5.32 Å². The Kier molecular flexibility index (Phi) is 4.68. The van der Waals surface area contributed by atoms with Crippen LogP contribution in [0.3, 0.4) is 0 Å². The monoisotopic (exact) mass is 363 g/mol. The SMILES string of the molecule is CNC(c1ccc(C2CCC2)cc1)c1cccc(Br)c1Cl. The molecule has 110 valence electrons. The summed E-state index contributed by atoms with van der Waals surface area (Å²) in [5.41, 5.74) is 3.82. The molecule has 1 unspecified atom stereocenters.